The second-order valence-corrected chi connectivity index (χ2v) is 4.52. The monoisotopic (exact) mass is 254 g/mol. The summed E-state index contributed by atoms with van der Waals surface area (Å²) in [5.41, 5.74) is -0.625. The van der Waals surface area contributed by atoms with Crippen LogP contribution in [0.25, 0.3) is 0 Å². The van der Waals surface area contributed by atoms with Gasteiger partial charge in [-0.3, -0.25) is 0 Å². The van der Waals surface area contributed by atoms with Crippen LogP contribution in [-0.2, 0) is 6.18 Å². The van der Waals surface area contributed by atoms with Crippen LogP contribution in [0.1, 0.15) is 30.9 Å². The first-order chi connectivity index (χ1) is 8.45. The summed E-state index contributed by atoms with van der Waals surface area (Å²) in [4.78, 5) is 0. The number of nitrogens with zero attached hydrogens (tertiary/aromatic N) is 1. The molecule has 1 N–H and O–H groups in total. The maximum atomic E-state index is 12.6. The third kappa shape index (κ3) is 2.58. The highest BCUT2D eigenvalue weighted by Gasteiger charge is 2.36. The highest BCUT2D eigenvalue weighted by molar-refractivity contribution is 5.54. The molecule has 1 saturated carbocycles. The Bertz CT molecular complexity index is 488. The van der Waals surface area contributed by atoms with E-state index in [1.54, 1.807) is 6.07 Å². The number of nitrogens with one attached hydrogen (secondary N) is 1. The molecule has 1 fully saturated rings. The molecule has 1 aromatic rings. The molecular formula is C13H13F3N2. The quantitative estimate of drug-likeness (QED) is 0.890. The van der Waals surface area contributed by atoms with Crippen molar-refractivity contribution < 1.29 is 13.2 Å². The number of nitriles is 1. The summed E-state index contributed by atoms with van der Waals surface area (Å²) < 4.78 is 37.8. The second kappa shape index (κ2) is 4.52. The van der Waals surface area contributed by atoms with Crippen molar-refractivity contribution in [3.05, 3.63) is 29.3 Å². The fourth-order valence-electron chi connectivity index (χ4n) is 2.06. The molecule has 5 heteroatoms. The van der Waals surface area contributed by atoms with Crippen LogP contribution in [0.4, 0.5) is 18.9 Å². The van der Waals surface area contributed by atoms with Crippen LogP contribution in [0, 0.1) is 17.2 Å². The number of hydrogen-bond acceptors (Lipinski definition) is 2. The largest absolute Gasteiger partial charge is 0.417 e. The van der Waals surface area contributed by atoms with E-state index in [4.69, 9.17) is 5.26 Å². The minimum Gasteiger partial charge on any atom is -0.382 e. The first-order valence-corrected chi connectivity index (χ1v) is 5.83. The highest BCUT2D eigenvalue weighted by Crippen LogP contribution is 2.37. The number of benzene rings is 1. The third-order valence-corrected chi connectivity index (χ3v) is 3.24. The van der Waals surface area contributed by atoms with Crippen molar-refractivity contribution in [1.29, 1.82) is 5.26 Å². The number of rotatable bonds is 3. The van der Waals surface area contributed by atoms with Gasteiger partial charge in [0, 0.05) is 11.7 Å². The van der Waals surface area contributed by atoms with Gasteiger partial charge in [0.2, 0.25) is 0 Å². The Hall–Kier alpha value is -1.70. The minimum atomic E-state index is -4.48. The van der Waals surface area contributed by atoms with Gasteiger partial charge in [0.15, 0.2) is 0 Å². The zero-order valence-corrected chi connectivity index (χ0v) is 9.88. The number of alkyl halides is 3. The van der Waals surface area contributed by atoms with E-state index in [0.717, 1.165) is 18.9 Å². The van der Waals surface area contributed by atoms with Crippen LogP contribution in [0.15, 0.2) is 18.2 Å². The molecule has 18 heavy (non-hydrogen) atoms. The summed E-state index contributed by atoms with van der Waals surface area (Å²) in [5.74, 6) is 0.595. The van der Waals surface area contributed by atoms with Gasteiger partial charge in [0.05, 0.1) is 17.2 Å². The Morgan fingerprint density at radius 3 is 2.67 bits per heavy atom. The summed E-state index contributed by atoms with van der Waals surface area (Å²) in [7, 11) is 0. The SMILES string of the molecule is CCC1CC1Nc1ccc(C(F)(F)F)c(C#N)c1. The first kappa shape index (κ1) is 12.7. The Morgan fingerprint density at radius 2 is 2.17 bits per heavy atom. The standard InChI is InChI=1S/C13H13F3N2/c1-2-8-6-12(8)18-10-3-4-11(13(14,15)16)9(5-10)7-17/h3-5,8,12,18H,2,6H2,1H3. The average Bonchev–Trinajstić information content (AvgIpc) is 3.06. The Morgan fingerprint density at radius 1 is 1.44 bits per heavy atom. The first-order valence-electron chi connectivity index (χ1n) is 5.83. The Kier molecular flexibility index (Phi) is 3.20. The van der Waals surface area contributed by atoms with E-state index in [2.05, 4.69) is 12.2 Å². The smallest absolute Gasteiger partial charge is 0.382 e. The van der Waals surface area contributed by atoms with Gasteiger partial charge in [-0.05, 0) is 30.5 Å². The lowest BCUT2D eigenvalue weighted by Gasteiger charge is -2.11. The van der Waals surface area contributed by atoms with Crippen molar-refractivity contribution >= 4 is 5.69 Å². The third-order valence-electron chi connectivity index (χ3n) is 3.24. The summed E-state index contributed by atoms with van der Waals surface area (Å²) in [5, 5.41) is 11.9. The molecule has 0 radical (unpaired) electrons. The number of halogens is 3. The molecule has 0 spiro atoms. The molecule has 0 heterocycles. The summed E-state index contributed by atoms with van der Waals surface area (Å²) in [6.07, 6.45) is -2.38. The zero-order valence-electron chi connectivity index (χ0n) is 9.88. The van der Waals surface area contributed by atoms with E-state index >= 15 is 0 Å². The van der Waals surface area contributed by atoms with Crippen LogP contribution >= 0.6 is 0 Å². The lowest BCUT2D eigenvalue weighted by Crippen LogP contribution is -2.09. The van der Waals surface area contributed by atoms with Gasteiger partial charge < -0.3 is 5.32 Å². The number of hydrogen-bond donors (Lipinski definition) is 1. The highest BCUT2D eigenvalue weighted by atomic mass is 19.4. The van der Waals surface area contributed by atoms with E-state index in [-0.39, 0.29) is 5.56 Å². The molecule has 1 aromatic carbocycles. The van der Waals surface area contributed by atoms with Crippen LogP contribution < -0.4 is 5.32 Å². The van der Waals surface area contributed by atoms with Gasteiger partial charge in [0.1, 0.15) is 0 Å². The van der Waals surface area contributed by atoms with Crippen molar-refractivity contribution in [2.45, 2.75) is 32.0 Å². The molecule has 1 aliphatic rings. The molecule has 2 nitrogen and oxygen atoms in total. The van der Waals surface area contributed by atoms with Gasteiger partial charge in [0.25, 0.3) is 0 Å². The van der Waals surface area contributed by atoms with E-state index in [9.17, 15) is 13.2 Å². The zero-order chi connectivity index (χ0) is 13.3. The van der Waals surface area contributed by atoms with Gasteiger partial charge in [-0.25, -0.2) is 0 Å². The summed E-state index contributed by atoms with van der Waals surface area (Å²) >= 11 is 0. The molecule has 0 saturated heterocycles. The van der Waals surface area contributed by atoms with Crippen LogP contribution in [0.3, 0.4) is 0 Å². The molecule has 0 bridgehead atoms. The number of anilines is 1. The van der Waals surface area contributed by atoms with Gasteiger partial charge in [-0.1, -0.05) is 13.3 Å². The Labute approximate surface area is 103 Å². The maximum Gasteiger partial charge on any atom is 0.417 e. The normalized spacial score (nSPS) is 22.4. The van der Waals surface area contributed by atoms with Crippen LogP contribution in [0.5, 0.6) is 0 Å². The van der Waals surface area contributed by atoms with E-state index < -0.39 is 11.7 Å². The lowest BCUT2D eigenvalue weighted by atomic mass is 10.1. The molecule has 0 aliphatic heterocycles. The molecular weight excluding hydrogens is 241 g/mol. The van der Waals surface area contributed by atoms with E-state index in [1.807, 2.05) is 0 Å². The average molecular weight is 254 g/mol. The van der Waals surface area contributed by atoms with Gasteiger partial charge in [-0.2, -0.15) is 18.4 Å². The van der Waals surface area contributed by atoms with Crippen molar-refractivity contribution in [1.82, 2.24) is 0 Å². The predicted molar refractivity (Wildman–Crippen MR) is 62.0 cm³/mol. The molecule has 2 atom stereocenters. The van der Waals surface area contributed by atoms with Crippen molar-refractivity contribution in [2.75, 3.05) is 5.32 Å². The van der Waals surface area contributed by atoms with E-state index in [0.29, 0.717) is 17.6 Å². The van der Waals surface area contributed by atoms with Gasteiger partial charge in [-0.15, -0.1) is 0 Å². The molecule has 2 rings (SSSR count). The van der Waals surface area contributed by atoms with Crippen LogP contribution in [-0.4, -0.2) is 6.04 Å². The molecule has 0 amide bonds. The molecule has 0 aromatic heterocycles. The summed E-state index contributed by atoms with van der Waals surface area (Å²) in [6, 6.07) is 5.55. The predicted octanol–water partition coefficient (Wildman–Crippen LogP) is 3.79. The lowest BCUT2D eigenvalue weighted by molar-refractivity contribution is -0.137. The Balaban J connectivity index is 2.18. The minimum absolute atomic E-state index is 0.332. The molecule has 96 valence electrons. The molecule has 2 unspecified atom stereocenters. The maximum absolute atomic E-state index is 12.6. The van der Waals surface area contributed by atoms with Crippen molar-refractivity contribution in [3.8, 4) is 6.07 Å². The van der Waals surface area contributed by atoms with Gasteiger partial charge >= 0.3 is 6.18 Å². The second-order valence-electron chi connectivity index (χ2n) is 4.52. The van der Waals surface area contributed by atoms with Crippen molar-refractivity contribution in [3.63, 3.8) is 0 Å². The fourth-order valence-corrected chi connectivity index (χ4v) is 2.06. The van der Waals surface area contributed by atoms with Crippen molar-refractivity contribution in [2.24, 2.45) is 5.92 Å². The van der Waals surface area contributed by atoms with Crippen LogP contribution in [0.2, 0.25) is 0 Å². The van der Waals surface area contributed by atoms with E-state index in [1.165, 1.54) is 12.1 Å². The fraction of sp³-hybridized carbons (Fsp3) is 0.462. The summed E-state index contributed by atoms with van der Waals surface area (Å²) in [6.45, 7) is 2.08. The topological polar surface area (TPSA) is 35.8 Å². The molecule has 1 aliphatic carbocycles.